The molecule has 2 aliphatic rings. The lowest BCUT2D eigenvalue weighted by Gasteiger charge is -2.40. The number of carbonyl (C=O) groups excluding carboxylic acids is 2. The summed E-state index contributed by atoms with van der Waals surface area (Å²) in [6, 6.07) is 5.59. The molecule has 3 heteroatoms. The van der Waals surface area contributed by atoms with Crippen molar-refractivity contribution in [3.05, 3.63) is 58.9 Å². The van der Waals surface area contributed by atoms with Gasteiger partial charge in [-0.2, -0.15) is 0 Å². The number of aryl methyl sites for hydroxylation is 1. The van der Waals surface area contributed by atoms with Crippen molar-refractivity contribution in [2.24, 2.45) is 11.3 Å². The molecule has 3 rings (SSSR count). The van der Waals surface area contributed by atoms with Crippen LogP contribution < -0.4 is 0 Å². The Morgan fingerprint density at radius 1 is 1.24 bits per heavy atom. The lowest BCUT2D eigenvalue weighted by Crippen LogP contribution is -2.29. The quantitative estimate of drug-likeness (QED) is 0.733. The van der Waals surface area contributed by atoms with Gasteiger partial charge < -0.3 is 4.74 Å². The molecular weight excluding hydrogens is 312 g/mol. The Hall–Kier alpha value is -2.16. The van der Waals surface area contributed by atoms with E-state index in [0.29, 0.717) is 17.0 Å². The van der Waals surface area contributed by atoms with Crippen molar-refractivity contribution in [2.75, 3.05) is 7.11 Å². The number of ketones is 2. The van der Waals surface area contributed by atoms with Gasteiger partial charge in [0.25, 0.3) is 0 Å². The lowest BCUT2D eigenvalue weighted by atomic mass is 9.65. The molecule has 25 heavy (non-hydrogen) atoms. The Kier molecular flexibility index (Phi) is 4.68. The smallest absolute Gasteiger partial charge is 0.228 e. The van der Waals surface area contributed by atoms with E-state index < -0.39 is 0 Å². The molecule has 1 saturated carbocycles. The zero-order valence-corrected chi connectivity index (χ0v) is 15.4. The number of hydrogen-bond acceptors (Lipinski definition) is 3. The summed E-state index contributed by atoms with van der Waals surface area (Å²) in [6.07, 6.45) is 6.80. The first kappa shape index (κ1) is 17.7. The first-order valence-corrected chi connectivity index (χ1v) is 8.99. The van der Waals surface area contributed by atoms with Crippen molar-refractivity contribution in [3.63, 3.8) is 0 Å². The summed E-state index contributed by atoms with van der Waals surface area (Å²) < 4.78 is 5.00. The molecule has 0 amide bonds. The minimum absolute atomic E-state index is 0.116. The van der Waals surface area contributed by atoms with Crippen molar-refractivity contribution in [2.45, 2.75) is 46.0 Å². The van der Waals surface area contributed by atoms with Gasteiger partial charge in [0, 0.05) is 17.2 Å². The summed E-state index contributed by atoms with van der Waals surface area (Å²) in [4.78, 5) is 24.6. The lowest BCUT2D eigenvalue weighted by molar-refractivity contribution is 0.0916. The first-order valence-electron chi connectivity index (χ1n) is 8.99. The third-order valence-corrected chi connectivity index (χ3v) is 5.78. The van der Waals surface area contributed by atoms with E-state index in [1.165, 1.54) is 31.6 Å². The van der Waals surface area contributed by atoms with Crippen molar-refractivity contribution >= 4 is 11.6 Å². The highest BCUT2D eigenvalue weighted by Gasteiger charge is 2.34. The molecule has 0 aliphatic heterocycles. The molecule has 0 N–H and O–H groups in total. The van der Waals surface area contributed by atoms with Gasteiger partial charge in [-0.15, -0.1) is 0 Å². The minimum Gasteiger partial charge on any atom is -0.492 e. The van der Waals surface area contributed by atoms with Crippen molar-refractivity contribution in [3.8, 4) is 0 Å². The number of benzene rings is 1. The number of hydrogen-bond donors (Lipinski definition) is 0. The Bertz CT molecular complexity index is 767. The Morgan fingerprint density at radius 2 is 2.00 bits per heavy atom. The molecular formula is C22H26O3. The van der Waals surface area contributed by atoms with Gasteiger partial charge in [0.15, 0.2) is 11.5 Å². The fourth-order valence-corrected chi connectivity index (χ4v) is 4.27. The number of Topliss-reactive ketones (excluding diaryl/α,β-unsaturated/α-hetero) is 1. The van der Waals surface area contributed by atoms with E-state index in [-0.39, 0.29) is 22.7 Å². The van der Waals surface area contributed by atoms with Crippen LogP contribution in [-0.4, -0.2) is 18.7 Å². The van der Waals surface area contributed by atoms with Crippen LogP contribution in [-0.2, 0) is 11.2 Å². The van der Waals surface area contributed by atoms with Crippen LogP contribution in [0.15, 0.2) is 42.2 Å². The maximum absolute atomic E-state index is 12.3. The monoisotopic (exact) mass is 338 g/mol. The van der Waals surface area contributed by atoms with Crippen molar-refractivity contribution < 1.29 is 14.3 Å². The zero-order valence-electron chi connectivity index (χ0n) is 15.4. The Labute approximate surface area is 149 Å². The van der Waals surface area contributed by atoms with E-state index in [1.54, 1.807) is 6.07 Å². The average molecular weight is 338 g/mol. The van der Waals surface area contributed by atoms with E-state index in [4.69, 9.17) is 4.74 Å². The van der Waals surface area contributed by atoms with E-state index in [1.807, 2.05) is 12.1 Å². The molecule has 1 fully saturated rings. The van der Waals surface area contributed by atoms with Gasteiger partial charge in [0.05, 0.1) is 7.11 Å². The van der Waals surface area contributed by atoms with Crippen LogP contribution in [0.4, 0.5) is 0 Å². The minimum atomic E-state index is -0.217. The van der Waals surface area contributed by atoms with Gasteiger partial charge in [-0.05, 0) is 61.1 Å². The van der Waals surface area contributed by atoms with E-state index in [9.17, 15) is 9.59 Å². The number of ether oxygens (including phenoxy) is 1. The van der Waals surface area contributed by atoms with Crippen LogP contribution in [0.25, 0.3) is 0 Å². The molecule has 0 heterocycles. The molecule has 2 aliphatic carbocycles. The third-order valence-electron chi connectivity index (χ3n) is 5.78. The van der Waals surface area contributed by atoms with Crippen LogP contribution in [0.2, 0.25) is 0 Å². The summed E-state index contributed by atoms with van der Waals surface area (Å²) in [7, 11) is 1.41. The van der Waals surface area contributed by atoms with E-state index >= 15 is 0 Å². The predicted molar refractivity (Wildman–Crippen MR) is 98.8 cm³/mol. The maximum atomic E-state index is 12.3. The zero-order chi connectivity index (χ0) is 18.2. The molecule has 1 atom stereocenters. The largest absolute Gasteiger partial charge is 0.492 e. The molecule has 1 aromatic rings. The summed E-state index contributed by atoms with van der Waals surface area (Å²) in [5.41, 5.74) is 3.67. The predicted octanol–water partition coefficient (Wildman–Crippen LogP) is 4.91. The summed E-state index contributed by atoms with van der Waals surface area (Å²) >= 11 is 0. The van der Waals surface area contributed by atoms with Crippen molar-refractivity contribution in [1.29, 1.82) is 0 Å². The second-order valence-electron chi connectivity index (χ2n) is 7.88. The summed E-state index contributed by atoms with van der Waals surface area (Å²) in [6.45, 7) is 8.95. The van der Waals surface area contributed by atoms with Gasteiger partial charge in [0.2, 0.25) is 5.78 Å². The second-order valence-corrected chi connectivity index (χ2v) is 7.88. The van der Waals surface area contributed by atoms with Gasteiger partial charge in [-0.1, -0.05) is 32.1 Å². The van der Waals surface area contributed by atoms with Crippen molar-refractivity contribution in [1.82, 2.24) is 0 Å². The highest BCUT2D eigenvalue weighted by molar-refractivity contribution is 6.23. The molecule has 0 aromatic heterocycles. The Morgan fingerprint density at radius 3 is 2.68 bits per heavy atom. The highest BCUT2D eigenvalue weighted by atomic mass is 16.5. The SMILES string of the molecule is C=C1CCCC(C)(C)[C@H]1CCc1ccc2c(c1)C(=O)C=C(OC)C2=O. The number of rotatable bonds is 4. The molecule has 3 nitrogen and oxygen atoms in total. The van der Waals surface area contributed by atoms with Crippen LogP contribution in [0.5, 0.6) is 0 Å². The van der Waals surface area contributed by atoms with Gasteiger partial charge in [-0.3, -0.25) is 9.59 Å². The Balaban J connectivity index is 1.79. The van der Waals surface area contributed by atoms with Gasteiger partial charge in [0.1, 0.15) is 0 Å². The van der Waals surface area contributed by atoms with E-state index in [0.717, 1.165) is 24.8 Å². The molecule has 1 aromatic carbocycles. The van der Waals surface area contributed by atoms with Crippen LogP contribution >= 0.6 is 0 Å². The molecule has 132 valence electrons. The molecule has 0 saturated heterocycles. The van der Waals surface area contributed by atoms with Crippen LogP contribution in [0, 0.1) is 11.3 Å². The number of methoxy groups -OCH3 is 1. The normalized spacial score (nSPS) is 22.4. The van der Waals surface area contributed by atoms with Gasteiger partial charge >= 0.3 is 0 Å². The topological polar surface area (TPSA) is 43.4 Å². The molecule has 0 unspecified atom stereocenters. The number of carbonyl (C=O) groups is 2. The summed E-state index contributed by atoms with van der Waals surface area (Å²) in [5.74, 6) is 0.251. The first-order chi connectivity index (χ1) is 11.8. The fraction of sp³-hybridized carbons (Fsp3) is 0.455. The van der Waals surface area contributed by atoms with Crippen LogP contribution in [0.3, 0.4) is 0 Å². The number of fused-ring (bicyclic) bond motifs is 1. The molecule has 0 radical (unpaired) electrons. The second kappa shape index (κ2) is 6.62. The molecule has 0 bridgehead atoms. The maximum Gasteiger partial charge on any atom is 0.228 e. The fourth-order valence-electron chi connectivity index (χ4n) is 4.27. The average Bonchev–Trinajstić information content (AvgIpc) is 2.57. The number of allylic oxidation sites excluding steroid dienone is 3. The van der Waals surface area contributed by atoms with Gasteiger partial charge in [-0.25, -0.2) is 0 Å². The summed E-state index contributed by atoms with van der Waals surface area (Å²) in [5, 5.41) is 0. The highest BCUT2D eigenvalue weighted by Crippen LogP contribution is 2.45. The van der Waals surface area contributed by atoms with Crippen LogP contribution in [0.1, 0.15) is 65.8 Å². The standard InChI is InChI=1S/C22H26O3/c1-14-6-5-11-22(2,3)18(14)10-8-15-7-9-16-17(12-15)19(23)13-20(25-4)21(16)24/h7,9,12-13,18H,1,5-6,8,10-11H2,2-4H3/t18-/m0/s1. The van der Waals surface area contributed by atoms with E-state index in [2.05, 4.69) is 20.4 Å². The molecule has 0 spiro atoms. The third kappa shape index (κ3) is 3.33.